The van der Waals surface area contributed by atoms with Crippen LogP contribution in [0.25, 0.3) is 0 Å². The van der Waals surface area contributed by atoms with E-state index in [0.29, 0.717) is 0 Å². The minimum Gasteiger partial charge on any atom is -0.366 e. The van der Waals surface area contributed by atoms with Crippen LogP contribution in [0.2, 0.25) is 0 Å². The second-order valence-corrected chi connectivity index (χ2v) is 1.61. The van der Waals surface area contributed by atoms with E-state index < -0.39 is 18.5 Å². The lowest BCUT2D eigenvalue weighted by atomic mass is 10.7. The lowest BCUT2D eigenvalue weighted by Crippen LogP contribution is -2.23. The molecule has 0 fully saturated rings. The lowest BCUT2D eigenvalue weighted by molar-refractivity contribution is -0.259. The average molecular weight is 165 g/mol. The molecule has 0 aliphatic rings. The number of aliphatic hydroxyl groups is 1. The maximum atomic E-state index is 11.4. The molecular weight excluding hydrogens is 160 g/mol. The molecule has 0 heterocycles. The molecule has 1 atom stereocenters. The monoisotopic (exact) mass is 164 g/mol. The molecule has 0 aromatic heterocycles. The van der Waals surface area contributed by atoms with E-state index in [2.05, 4.69) is 16.3 Å². The van der Waals surface area contributed by atoms with Gasteiger partial charge in [-0.2, -0.15) is 8.78 Å². The standard InChI is InChI=1S/C3H4ClF3O2/c4-3(6,7)9-2(8)1-5/h2,8H,1H2. The highest BCUT2D eigenvalue weighted by molar-refractivity contribution is 6.20. The first kappa shape index (κ1) is 9.00. The van der Waals surface area contributed by atoms with E-state index in [-0.39, 0.29) is 0 Å². The molecule has 6 heteroatoms. The SMILES string of the molecule is OC(CF)OC(F)(F)Cl. The maximum absolute atomic E-state index is 11.4. The van der Waals surface area contributed by atoms with Crippen molar-refractivity contribution in [2.24, 2.45) is 0 Å². The van der Waals surface area contributed by atoms with Crippen LogP contribution in [0.15, 0.2) is 0 Å². The Labute approximate surface area is 54.2 Å². The number of halogens is 4. The molecule has 2 nitrogen and oxygen atoms in total. The Bertz CT molecular complexity index is 83.6. The predicted octanol–water partition coefficient (Wildman–Crippen LogP) is 1.08. The van der Waals surface area contributed by atoms with Crippen molar-refractivity contribution in [2.45, 2.75) is 11.9 Å². The van der Waals surface area contributed by atoms with Crippen LogP contribution in [-0.4, -0.2) is 23.6 Å². The van der Waals surface area contributed by atoms with Crippen LogP contribution in [0, 0.1) is 0 Å². The molecule has 0 aromatic carbocycles. The Hall–Kier alpha value is -0.0000000000000000555. The first-order chi connectivity index (χ1) is 3.95. The van der Waals surface area contributed by atoms with Gasteiger partial charge in [-0.1, -0.05) is 0 Å². The Morgan fingerprint density at radius 2 is 2.11 bits per heavy atom. The zero-order valence-electron chi connectivity index (χ0n) is 4.15. The van der Waals surface area contributed by atoms with Crippen molar-refractivity contribution < 1.29 is 23.0 Å². The molecule has 9 heavy (non-hydrogen) atoms. The molecule has 0 radical (unpaired) electrons. The summed E-state index contributed by atoms with van der Waals surface area (Å²) in [6.07, 6.45) is -2.16. The van der Waals surface area contributed by atoms with Gasteiger partial charge in [-0.25, -0.2) is 4.39 Å². The molecule has 1 unspecified atom stereocenters. The minimum absolute atomic E-state index is 1.41. The second kappa shape index (κ2) is 3.24. The van der Waals surface area contributed by atoms with Crippen LogP contribution in [0.4, 0.5) is 13.2 Å². The van der Waals surface area contributed by atoms with Crippen LogP contribution in [0.5, 0.6) is 0 Å². The van der Waals surface area contributed by atoms with Crippen molar-refractivity contribution in [3.63, 3.8) is 0 Å². The molecule has 56 valence electrons. The van der Waals surface area contributed by atoms with E-state index in [9.17, 15) is 13.2 Å². The lowest BCUT2D eigenvalue weighted by Gasteiger charge is -2.11. The van der Waals surface area contributed by atoms with Gasteiger partial charge in [0.15, 0.2) is 6.29 Å². The van der Waals surface area contributed by atoms with Gasteiger partial charge in [0.25, 0.3) is 0 Å². The smallest absolute Gasteiger partial charge is 0.366 e. The molecule has 0 aromatic rings. The van der Waals surface area contributed by atoms with E-state index >= 15 is 0 Å². The number of rotatable bonds is 3. The van der Waals surface area contributed by atoms with E-state index in [4.69, 9.17) is 5.11 Å². The molecule has 0 amide bonds. The summed E-state index contributed by atoms with van der Waals surface area (Å²) in [6.45, 7) is -1.41. The van der Waals surface area contributed by atoms with Crippen LogP contribution in [-0.2, 0) is 4.74 Å². The van der Waals surface area contributed by atoms with Gasteiger partial charge in [0.2, 0.25) is 0 Å². The number of aliphatic hydroxyl groups excluding tert-OH is 1. The van der Waals surface area contributed by atoms with Gasteiger partial charge in [-0.05, 0) is 11.6 Å². The van der Waals surface area contributed by atoms with Gasteiger partial charge in [-0.15, -0.1) is 0 Å². The molecule has 0 rings (SSSR count). The number of alkyl halides is 4. The summed E-state index contributed by atoms with van der Waals surface area (Å²) in [6, 6.07) is 0. The van der Waals surface area contributed by atoms with Gasteiger partial charge in [0.05, 0.1) is 0 Å². The van der Waals surface area contributed by atoms with Crippen LogP contribution in [0.1, 0.15) is 0 Å². The average Bonchev–Trinajstić information content (AvgIpc) is 1.62. The third kappa shape index (κ3) is 5.88. The summed E-state index contributed by atoms with van der Waals surface area (Å²) >= 11 is 4.12. The van der Waals surface area contributed by atoms with E-state index in [1.54, 1.807) is 0 Å². The molecule has 0 bridgehead atoms. The van der Waals surface area contributed by atoms with Crippen molar-refractivity contribution in [3.05, 3.63) is 0 Å². The largest absolute Gasteiger partial charge is 0.442 e. The Balaban J connectivity index is 3.47. The van der Waals surface area contributed by atoms with Crippen molar-refractivity contribution in [1.82, 2.24) is 0 Å². The summed E-state index contributed by atoms with van der Waals surface area (Å²) in [5.41, 5.74) is -3.99. The summed E-state index contributed by atoms with van der Waals surface area (Å²) in [5, 5.41) is 8.03. The van der Waals surface area contributed by atoms with Crippen LogP contribution in [0.3, 0.4) is 0 Å². The summed E-state index contributed by atoms with van der Waals surface area (Å²) in [5.74, 6) is 0. The molecular formula is C3H4ClF3O2. The highest BCUT2D eigenvalue weighted by Crippen LogP contribution is 2.21. The zero-order valence-corrected chi connectivity index (χ0v) is 4.91. The summed E-state index contributed by atoms with van der Waals surface area (Å²) in [4.78, 5) is 0. The highest BCUT2D eigenvalue weighted by atomic mass is 35.5. The number of hydrogen-bond acceptors (Lipinski definition) is 2. The first-order valence-electron chi connectivity index (χ1n) is 1.94. The van der Waals surface area contributed by atoms with Crippen molar-refractivity contribution in [1.29, 1.82) is 0 Å². The summed E-state index contributed by atoms with van der Waals surface area (Å²) in [7, 11) is 0. The van der Waals surface area contributed by atoms with Gasteiger partial charge in [0.1, 0.15) is 6.67 Å². The fourth-order valence-electron chi connectivity index (χ4n) is 0.186. The molecule has 0 saturated heterocycles. The van der Waals surface area contributed by atoms with Gasteiger partial charge < -0.3 is 5.11 Å². The summed E-state index contributed by atoms with van der Waals surface area (Å²) < 4.78 is 37.1. The fraction of sp³-hybridized carbons (Fsp3) is 1.00. The van der Waals surface area contributed by atoms with Gasteiger partial charge in [0, 0.05) is 0 Å². The van der Waals surface area contributed by atoms with Crippen LogP contribution < -0.4 is 0 Å². The minimum atomic E-state index is -3.99. The zero-order chi connectivity index (χ0) is 7.49. The van der Waals surface area contributed by atoms with Crippen molar-refractivity contribution in [2.75, 3.05) is 6.67 Å². The second-order valence-electron chi connectivity index (χ2n) is 1.17. The topological polar surface area (TPSA) is 29.5 Å². The van der Waals surface area contributed by atoms with E-state index in [1.807, 2.05) is 0 Å². The van der Waals surface area contributed by atoms with Gasteiger partial charge in [-0.3, -0.25) is 4.74 Å². The van der Waals surface area contributed by atoms with E-state index in [1.165, 1.54) is 0 Å². The normalized spacial score (nSPS) is 15.7. The fourth-order valence-corrected chi connectivity index (χ4v) is 0.289. The molecule has 0 aliphatic heterocycles. The molecule has 0 spiro atoms. The van der Waals surface area contributed by atoms with Crippen molar-refractivity contribution >= 4 is 11.6 Å². The number of hydrogen-bond donors (Lipinski definition) is 1. The highest BCUT2D eigenvalue weighted by Gasteiger charge is 2.29. The van der Waals surface area contributed by atoms with E-state index in [0.717, 1.165) is 0 Å². The molecule has 0 saturated carbocycles. The molecule has 0 aliphatic carbocycles. The maximum Gasteiger partial charge on any atom is 0.442 e. The Morgan fingerprint density at radius 1 is 1.67 bits per heavy atom. The predicted molar refractivity (Wildman–Crippen MR) is 23.9 cm³/mol. The quantitative estimate of drug-likeness (QED) is 0.500. The number of ether oxygens (including phenoxy) is 1. The van der Waals surface area contributed by atoms with Gasteiger partial charge >= 0.3 is 5.57 Å². The van der Waals surface area contributed by atoms with Crippen LogP contribution >= 0.6 is 11.6 Å². The first-order valence-corrected chi connectivity index (χ1v) is 2.32. The Morgan fingerprint density at radius 3 is 2.22 bits per heavy atom. The third-order valence-corrected chi connectivity index (χ3v) is 0.491. The third-order valence-electron chi connectivity index (χ3n) is 0.402. The Kier molecular flexibility index (Phi) is 3.24. The van der Waals surface area contributed by atoms with Crippen molar-refractivity contribution in [3.8, 4) is 0 Å². The molecule has 1 N–H and O–H groups in total.